The van der Waals surface area contributed by atoms with Crippen molar-refractivity contribution in [2.75, 3.05) is 10.2 Å². The van der Waals surface area contributed by atoms with E-state index in [0.717, 1.165) is 31.5 Å². The topological polar surface area (TPSA) is 117 Å². The van der Waals surface area contributed by atoms with E-state index >= 15 is 0 Å². The van der Waals surface area contributed by atoms with Gasteiger partial charge >= 0.3 is 6.18 Å². The number of carbonyl (C=O) groups excluding carboxylic acids is 3. The molecule has 0 radical (unpaired) electrons. The summed E-state index contributed by atoms with van der Waals surface area (Å²) >= 11 is 0. The lowest BCUT2D eigenvalue weighted by atomic mass is 9.95. The van der Waals surface area contributed by atoms with Crippen LogP contribution in [0.15, 0.2) is 30.5 Å². The normalized spacial score (nSPS) is 23.0. The van der Waals surface area contributed by atoms with Gasteiger partial charge in [-0.15, -0.1) is 0 Å². The molecule has 3 atom stereocenters. The van der Waals surface area contributed by atoms with E-state index in [0.29, 0.717) is 24.0 Å². The summed E-state index contributed by atoms with van der Waals surface area (Å²) in [5.41, 5.74) is 6.51. The van der Waals surface area contributed by atoms with Gasteiger partial charge in [0.05, 0.1) is 5.56 Å². The van der Waals surface area contributed by atoms with Gasteiger partial charge in [0.15, 0.2) is 5.78 Å². The molecular formula is C29H34F3N5O3. The standard InChI is InChI=1S/C29H34F3N5O3/c1-3-24(29(30,31)32)36-23-13-21(15(2)10-22(23)27(33)39)28(40)35-18-11-19-7-8-20(12-18)37(19)25-9-6-17(14-34-25)26(38)16-4-5-16/h6,9-10,13-14,16,18-20,24,36H,3-5,7-8,11-12H2,1-2H3,(H2,33,39)(H,35,40). The maximum Gasteiger partial charge on any atom is 0.408 e. The number of nitrogens with two attached hydrogens (primary N) is 1. The molecule has 1 saturated carbocycles. The second-order valence-corrected chi connectivity index (χ2v) is 11.2. The molecule has 8 nitrogen and oxygen atoms in total. The number of hydrogen-bond donors (Lipinski definition) is 3. The second kappa shape index (κ2) is 10.7. The van der Waals surface area contributed by atoms with Gasteiger partial charge in [0.1, 0.15) is 11.9 Å². The molecule has 11 heteroatoms. The van der Waals surface area contributed by atoms with Gasteiger partial charge in [0.2, 0.25) is 0 Å². The molecule has 3 unspecified atom stereocenters. The molecule has 40 heavy (non-hydrogen) atoms. The van der Waals surface area contributed by atoms with E-state index in [9.17, 15) is 27.6 Å². The molecule has 1 aromatic heterocycles. The molecule has 3 fully saturated rings. The molecule has 2 aliphatic heterocycles. The van der Waals surface area contributed by atoms with E-state index in [4.69, 9.17) is 5.73 Å². The number of alkyl halides is 3. The van der Waals surface area contributed by atoms with E-state index in [2.05, 4.69) is 20.5 Å². The number of aryl methyl sites for hydroxylation is 1. The minimum Gasteiger partial charge on any atom is -0.373 e. The first-order valence-electron chi connectivity index (χ1n) is 13.8. The van der Waals surface area contributed by atoms with E-state index in [-0.39, 0.29) is 53.1 Å². The van der Waals surface area contributed by atoms with Crippen molar-refractivity contribution in [2.24, 2.45) is 11.7 Å². The van der Waals surface area contributed by atoms with E-state index < -0.39 is 24.0 Å². The highest BCUT2D eigenvalue weighted by molar-refractivity contribution is 6.03. The van der Waals surface area contributed by atoms with Crippen LogP contribution in [0.5, 0.6) is 0 Å². The Labute approximate surface area is 230 Å². The van der Waals surface area contributed by atoms with Crippen LogP contribution < -0.4 is 21.3 Å². The number of anilines is 2. The number of pyridine rings is 1. The Morgan fingerprint density at radius 1 is 1.07 bits per heavy atom. The highest BCUT2D eigenvalue weighted by atomic mass is 19.4. The zero-order chi connectivity index (χ0) is 28.8. The summed E-state index contributed by atoms with van der Waals surface area (Å²) in [6.45, 7) is 3.01. The molecule has 5 rings (SSSR count). The van der Waals surface area contributed by atoms with E-state index in [1.165, 1.54) is 19.1 Å². The second-order valence-electron chi connectivity index (χ2n) is 11.2. The summed E-state index contributed by atoms with van der Waals surface area (Å²) in [6.07, 6.45) is 2.07. The van der Waals surface area contributed by atoms with Crippen LogP contribution in [0.4, 0.5) is 24.7 Å². The van der Waals surface area contributed by atoms with Crippen molar-refractivity contribution < 1.29 is 27.6 Å². The number of nitrogens with zero attached hydrogens (tertiary/aromatic N) is 2. The lowest BCUT2D eigenvalue weighted by Crippen LogP contribution is -2.50. The minimum absolute atomic E-state index is 0.0968. The fourth-order valence-electron chi connectivity index (χ4n) is 6.08. The zero-order valence-electron chi connectivity index (χ0n) is 22.6. The molecule has 2 amide bonds. The third-order valence-electron chi connectivity index (χ3n) is 8.32. The lowest BCUT2D eigenvalue weighted by Gasteiger charge is -2.40. The average Bonchev–Trinajstić information content (AvgIpc) is 3.71. The number of fused-ring (bicyclic) bond motifs is 2. The van der Waals surface area contributed by atoms with Crippen LogP contribution in [0.25, 0.3) is 0 Å². The highest BCUT2D eigenvalue weighted by Crippen LogP contribution is 2.39. The van der Waals surface area contributed by atoms with Gasteiger partial charge < -0.3 is 21.3 Å². The first-order chi connectivity index (χ1) is 19.0. The Kier molecular flexibility index (Phi) is 7.50. The zero-order valence-corrected chi connectivity index (χ0v) is 22.6. The number of piperidine rings is 1. The molecule has 2 bridgehead atoms. The minimum atomic E-state index is -4.54. The van der Waals surface area contributed by atoms with Crippen molar-refractivity contribution in [1.82, 2.24) is 10.3 Å². The lowest BCUT2D eigenvalue weighted by molar-refractivity contribution is -0.142. The predicted molar refractivity (Wildman–Crippen MR) is 145 cm³/mol. The number of nitrogens with one attached hydrogen (secondary N) is 2. The Balaban J connectivity index is 1.29. The molecule has 2 aromatic rings. The van der Waals surface area contributed by atoms with Crippen molar-refractivity contribution in [3.63, 3.8) is 0 Å². The van der Waals surface area contributed by atoms with E-state index in [1.54, 1.807) is 13.1 Å². The Morgan fingerprint density at radius 3 is 2.27 bits per heavy atom. The van der Waals surface area contributed by atoms with Crippen molar-refractivity contribution >= 4 is 29.1 Å². The number of amides is 2. The Hall–Kier alpha value is -3.63. The van der Waals surface area contributed by atoms with Gasteiger partial charge in [-0.2, -0.15) is 13.2 Å². The van der Waals surface area contributed by atoms with Crippen LogP contribution in [-0.2, 0) is 0 Å². The quantitative estimate of drug-likeness (QED) is 0.383. The summed E-state index contributed by atoms with van der Waals surface area (Å²) in [5, 5.41) is 5.44. The third-order valence-corrected chi connectivity index (χ3v) is 8.32. The summed E-state index contributed by atoms with van der Waals surface area (Å²) < 4.78 is 40.3. The summed E-state index contributed by atoms with van der Waals surface area (Å²) in [5.74, 6) is -0.158. The van der Waals surface area contributed by atoms with Crippen LogP contribution in [-0.4, -0.2) is 52.9 Å². The maximum atomic E-state index is 13.4. The number of carbonyl (C=O) groups is 3. The number of primary amides is 1. The average molecular weight is 558 g/mol. The molecule has 214 valence electrons. The summed E-state index contributed by atoms with van der Waals surface area (Å²) in [7, 11) is 0. The van der Waals surface area contributed by atoms with Crippen LogP contribution in [0.3, 0.4) is 0 Å². The van der Waals surface area contributed by atoms with Crippen molar-refractivity contribution in [1.29, 1.82) is 0 Å². The van der Waals surface area contributed by atoms with Crippen molar-refractivity contribution in [3.05, 3.63) is 52.7 Å². The number of benzene rings is 1. The van der Waals surface area contributed by atoms with Crippen molar-refractivity contribution in [3.8, 4) is 0 Å². The molecule has 1 aromatic carbocycles. The van der Waals surface area contributed by atoms with Crippen molar-refractivity contribution in [2.45, 2.75) is 89.1 Å². The van der Waals surface area contributed by atoms with Crippen LogP contribution in [0.1, 0.15) is 88.5 Å². The molecule has 1 aliphatic carbocycles. The van der Waals surface area contributed by atoms with Gasteiger partial charge in [0.25, 0.3) is 11.8 Å². The number of ketones is 1. The number of rotatable bonds is 9. The Morgan fingerprint density at radius 2 is 1.75 bits per heavy atom. The van der Waals surface area contributed by atoms with Gasteiger partial charge in [-0.25, -0.2) is 4.98 Å². The predicted octanol–water partition coefficient (Wildman–Crippen LogP) is 4.76. The summed E-state index contributed by atoms with van der Waals surface area (Å²) in [6, 6.07) is 4.74. The molecule has 3 heterocycles. The number of hydrogen-bond acceptors (Lipinski definition) is 6. The third kappa shape index (κ3) is 5.64. The first kappa shape index (κ1) is 27.9. The maximum absolute atomic E-state index is 13.4. The molecule has 0 spiro atoms. The largest absolute Gasteiger partial charge is 0.408 e. The van der Waals surface area contributed by atoms with Gasteiger partial charge in [-0.1, -0.05) is 6.92 Å². The van der Waals surface area contributed by atoms with Crippen LogP contribution >= 0.6 is 0 Å². The first-order valence-corrected chi connectivity index (χ1v) is 13.8. The molecule has 2 saturated heterocycles. The molecular weight excluding hydrogens is 523 g/mol. The van der Waals surface area contributed by atoms with Gasteiger partial charge in [-0.05, 0) is 81.7 Å². The fraction of sp³-hybridized carbons (Fsp3) is 0.517. The Bertz CT molecular complexity index is 1300. The number of Topliss-reactive ketones (excluding diaryl/α,β-unsaturated/α-hetero) is 1. The summed E-state index contributed by atoms with van der Waals surface area (Å²) in [4.78, 5) is 44.5. The van der Waals surface area contributed by atoms with E-state index in [1.807, 2.05) is 12.1 Å². The molecule has 3 aliphatic rings. The SMILES string of the molecule is CCC(Nc1cc(C(=O)NC2CC3CCC(C2)N3c2ccc(C(=O)C3CC3)cn2)c(C)cc1C(N)=O)C(F)(F)F. The van der Waals surface area contributed by atoms with Gasteiger partial charge in [0, 0.05) is 47.1 Å². The van der Waals surface area contributed by atoms with Crippen LogP contribution in [0.2, 0.25) is 0 Å². The van der Waals surface area contributed by atoms with Gasteiger partial charge in [-0.3, -0.25) is 14.4 Å². The number of halogens is 3. The number of aromatic nitrogens is 1. The van der Waals surface area contributed by atoms with Crippen LogP contribution in [0, 0.1) is 12.8 Å². The fourth-order valence-corrected chi connectivity index (χ4v) is 6.08. The highest BCUT2D eigenvalue weighted by Gasteiger charge is 2.42. The monoisotopic (exact) mass is 557 g/mol. The molecule has 4 N–H and O–H groups in total. The smallest absolute Gasteiger partial charge is 0.373 e.